The molecule has 116 valence electrons. The Morgan fingerprint density at radius 3 is 2.62 bits per heavy atom. The summed E-state index contributed by atoms with van der Waals surface area (Å²) in [4.78, 5) is 23.5. The number of nitrogens with zero attached hydrogens (tertiary/aromatic N) is 3. The molecule has 1 aliphatic heterocycles. The van der Waals surface area contributed by atoms with E-state index in [1.807, 2.05) is 18.7 Å². The molecule has 0 atom stereocenters. The van der Waals surface area contributed by atoms with Crippen LogP contribution in [0.5, 0.6) is 0 Å². The summed E-state index contributed by atoms with van der Waals surface area (Å²) in [6, 6.07) is 0. The number of hydrogen-bond acceptors (Lipinski definition) is 4. The van der Waals surface area contributed by atoms with Crippen LogP contribution < -0.4 is 5.32 Å². The lowest BCUT2D eigenvalue weighted by molar-refractivity contribution is 0.0683. The van der Waals surface area contributed by atoms with E-state index in [0.29, 0.717) is 11.4 Å². The summed E-state index contributed by atoms with van der Waals surface area (Å²) in [6.07, 6.45) is 5.11. The fourth-order valence-electron chi connectivity index (χ4n) is 2.71. The van der Waals surface area contributed by atoms with Crippen LogP contribution in [0, 0.1) is 5.92 Å². The molecule has 1 aromatic rings. The van der Waals surface area contributed by atoms with E-state index in [9.17, 15) is 4.79 Å². The number of rotatable bonds is 4. The predicted octanol–water partition coefficient (Wildman–Crippen LogP) is 2.90. The molecule has 0 unspecified atom stereocenters. The van der Waals surface area contributed by atoms with Crippen LogP contribution in [0.1, 0.15) is 62.3 Å². The van der Waals surface area contributed by atoms with Crippen molar-refractivity contribution in [1.82, 2.24) is 14.9 Å². The van der Waals surface area contributed by atoms with E-state index in [1.165, 1.54) is 6.42 Å². The molecule has 2 rings (SSSR count). The molecule has 0 bridgehead atoms. The van der Waals surface area contributed by atoms with Gasteiger partial charge in [0.1, 0.15) is 5.82 Å². The van der Waals surface area contributed by atoms with E-state index in [0.717, 1.165) is 37.7 Å². The van der Waals surface area contributed by atoms with Crippen molar-refractivity contribution in [1.29, 1.82) is 0 Å². The van der Waals surface area contributed by atoms with Crippen molar-refractivity contribution in [3.63, 3.8) is 0 Å². The summed E-state index contributed by atoms with van der Waals surface area (Å²) in [5.74, 6) is 1.72. The van der Waals surface area contributed by atoms with Gasteiger partial charge >= 0.3 is 0 Å². The molecule has 5 nitrogen and oxygen atoms in total. The summed E-state index contributed by atoms with van der Waals surface area (Å²) >= 11 is 0. The Morgan fingerprint density at radius 2 is 2.10 bits per heavy atom. The average Bonchev–Trinajstić information content (AvgIpc) is 2.53. The number of hydrogen-bond donors (Lipinski definition) is 1. The monoisotopic (exact) mass is 290 g/mol. The summed E-state index contributed by atoms with van der Waals surface area (Å²) in [7, 11) is 1.80. The van der Waals surface area contributed by atoms with Crippen LogP contribution in [-0.4, -0.2) is 40.9 Å². The second kappa shape index (κ2) is 6.87. The minimum atomic E-state index is 0.0261. The molecule has 1 amide bonds. The second-order valence-electron chi connectivity index (χ2n) is 6.04. The van der Waals surface area contributed by atoms with E-state index in [4.69, 9.17) is 0 Å². The van der Waals surface area contributed by atoms with Crippen molar-refractivity contribution in [2.45, 2.75) is 46.0 Å². The van der Waals surface area contributed by atoms with Gasteiger partial charge in [0, 0.05) is 26.1 Å². The van der Waals surface area contributed by atoms with Crippen LogP contribution in [-0.2, 0) is 0 Å². The van der Waals surface area contributed by atoms with Crippen molar-refractivity contribution in [3.05, 3.63) is 17.7 Å². The van der Waals surface area contributed by atoms with Crippen molar-refractivity contribution in [2.75, 3.05) is 25.5 Å². The molecule has 1 saturated heterocycles. The molecule has 0 radical (unpaired) electrons. The first-order chi connectivity index (χ1) is 10.1. The van der Waals surface area contributed by atoms with Gasteiger partial charge < -0.3 is 10.2 Å². The SMILES string of the molecule is CCC1CCN(C(=O)c2nc(C(C)C)ncc2NC)CC1. The Morgan fingerprint density at radius 1 is 1.43 bits per heavy atom. The lowest BCUT2D eigenvalue weighted by Gasteiger charge is -2.31. The molecular weight excluding hydrogens is 264 g/mol. The summed E-state index contributed by atoms with van der Waals surface area (Å²) in [5, 5.41) is 3.03. The summed E-state index contributed by atoms with van der Waals surface area (Å²) in [6.45, 7) is 7.97. The zero-order valence-corrected chi connectivity index (χ0v) is 13.5. The first-order valence-corrected chi connectivity index (χ1v) is 7.90. The second-order valence-corrected chi connectivity index (χ2v) is 6.04. The Balaban J connectivity index is 2.20. The fraction of sp³-hybridized carbons (Fsp3) is 0.688. The maximum atomic E-state index is 12.7. The minimum Gasteiger partial charge on any atom is -0.385 e. The highest BCUT2D eigenvalue weighted by Gasteiger charge is 2.26. The van der Waals surface area contributed by atoms with Crippen molar-refractivity contribution >= 4 is 11.6 Å². The Hall–Kier alpha value is -1.65. The van der Waals surface area contributed by atoms with Crippen LogP contribution in [0.15, 0.2) is 6.20 Å². The zero-order chi connectivity index (χ0) is 15.4. The van der Waals surface area contributed by atoms with Gasteiger partial charge in [-0.25, -0.2) is 9.97 Å². The number of aromatic nitrogens is 2. The number of piperidine rings is 1. The molecule has 1 fully saturated rings. The Bertz CT molecular complexity index is 493. The molecule has 0 aromatic carbocycles. The Kier molecular flexibility index (Phi) is 5.15. The van der Waals surface area contributed by atoms with Crippen LogP contribution in [0.25, 0.3) is 0 Å². The molecule has 1 aliphatic rings. The van der Waals surface area contributed by atoms with E-state index < -0.39 is 0 Å². The number of amides is 1. The molecular formula is C16H26N4O. The van der Waals surface area contributed by atoms with Gasteiger partial charge in [0.05, 0.1) is 11.9 Å². The highest BCUT2D eigenvalue weighted by atomic mass is 16.2. The van der Waals surface area contributed by atoms with Crippen LogP contribution in [0.2, 0.25) is 0 Å². The quantitative estimate of drug-likeness (QED) is 0.926. The highest BCUT2D eigenvalue weighted by molar-refractivity contribution is 5.97. The molecule has 0 saturated carbocycles. The van der Waals surface area contributed by atoms with Crippen molar-refractivity contribution in [3.8, 4) is 0 Å². The zero-order valence-electron chi connectivity index (χ0n) is 13.5. The average molecular weight is 290 g/mol. The summed E-state index contributed by atoms with van der Waals surface area (Å²) in [5.41, 5.74) is 1.22. The van der Waals surface area contributed by atoms with E-state index in [-0.39, 0.29) is 11.8 Å². The third-order valence-corrected chi connectivity index (χ3v) is 4.27. The Labute approximate surface area is 127 Å². The number of carbonyl (C=O) groups is 1. The lowest BCUT2D eigenvalue weighted by Crippen LogP contribution is -2.39. The van der Waals surface area contributed by atoms with E-state index >= 15 is 0 Å². The number of nitrogens with one attached hydrogen (secondary N) is 1. The normalized spacial score (nSPS) is 16.3. The first kappa shape index (κ1) is 15.7. The third kappa shape index (κ3) is 3.52. The van der Waals surface area contributed by atoms with Crippen LogP contribution in [0.4, 0.5) is 5.69 Å². The maximum Gasteiger partial charge on any atom is 0.274 e. The maximum absolute atomic E-state index is 12.7. The number of likely N-dealkylation sites (tertiary alicyclic amines) is 1. The van der Waals surface area contributed by atoms with Gasteiger partial charge in [-0.15, -0.1) is 0 Å². The van der Waals surface area contributed by atoms with Crippen LogP contribution in [0.3, 0.4) is 0 Å². The van der Waals surface area contributed by atoms with Gasteiger partial charge in [-0.2, -0.15) is 0 Å². The predicted molar refractivity (Wildman–Crippen MR) is 84.6 cm³/mol. The van der Waals surface area contributed by atoms with Gasteiger partial charge in [0.2, 0.25) is 0 Å². The van der Waals surface area contributed by atoms with Crippen molar-refractivity contribution < 1.29 is 4.79 Å². The van der Waals surface area contributed by atoms with Crippen LogP contribution >= 0.6 is 0 Å². The summed E-state index contributed by atoms with van der Waals surface area (Å²) < 4.78 is 0. The van der Waals surface area contributed by atoms with Gasteiger partial charge in [0.25, 0.3) is 5.91 Å². The molecule has 1 aromatic heterocycles. The smallest absolute Gasteiger partial charge is 0.274 e. The first-order valence-electron chi connectivity index (χ1n) is 7.90. The standard InChI is InChI=1S/C16H26N4O/c1-5-12-6-8-20(9-7-12)16(21)14-13(17-4)10-18-15(19-14)11(2)3/h10-12,17H,5-9H2,1-4H3. The topological polar surface area (TPSA) is 58.1 Å². The van der Waals surface area contributed by atoms with E-state index in [1.54, 1.807) is 13.2 Å². The van der Waals surface area contributed by atoms with Gasteiger partial charge in [-0.1, -0.05) is 27.2 Å². The molecule has 5 heteroatoms. The van der Waals surface area contributed by atoms with Gasteiger partial charge in [-0.3, -0.25) is 4.79 Å². The fourth-order valence-corrected chi connectivity index (χ4v) is 2.71. The lowest BCUT2D eigenvalue weighted by atomic mass is 9.94. The molecule has 21 heavy (non-hydrogen) atoms. The minimum absolute atomic E-state index is 0.0261. The largest absolute Gasteiger partial charge is 0.385 e. The molecule has 0 spiro atoms. The molecule has 1 N–H and O–H groups in total. The van der Waals surface area contributed by atoms with Crippen molar-refractivity contribution in [2.24, 2.45) is 5.92 Å². The van der Waals surface area contributed by atoms with Gasteiger partial charge in [-0.05, 0) is 18.8 Å². The number of carbonyl (C=O) groups excluding carboxylic acids is 1. The molecule has 0 aliphatic carbocycles. The van der Waals surface area contributed by atoms with Gasteiger partial charge in [0.15, 0.2) is 5.69 Å². The molecule has 2 heterocycles. The number of anilines is 1. The highest BCUT2D eigenvalue weighted by Crippen LogP contribution is 2.23. The van der Waals surface area contributed by atoms with E-state index in [2.05, 4.69) is 22.2 Å². The third-order valence-electron chi connectivity index (χ3n) is 4.27.